The Bertz CT molecular complexity index is 746. The van der Waals surface area contributed by atoms with Gasteiger partial charge in [-0.2, -0.15) is 5.10 Å². The minimum absolute atomic E-state index is 0.0626. The van der Waals surface area contributed by atoms with Gasteiger partial charge in [-0.05, 0) is 24.1 Å². The van der Waals surface area contributed by atoms with Gasteiger partial charge in [0.15, 0.2) is 0 Å². The van der Waals surface area contributed by atoms with Crippen LogP contribution in [0.1, 0.15) is 29.5 Å². The third-order valence-corrected chi connectivity index (χ3v) is 6.72. The van der Waals surface area contributed by atoms with Crippen LogP contribution in [0.5, 0.6) is 0 Å². The predicted molar refractivity (Wildman–Crippen MR) is 85.7 cm³/mol. The number of alkyl halides is 1. The van der Waals surface area contributed by atoms with Gasteiger partial charge >= 0.3 is 0 Å². The molecule has 1 aromatic heterocycles. The normalized spacial score (nSPS) is 28.8. The summed E-state index contributed by atoms with van der Waals surface area (Å²) in [7, 11) is 1.94. The number of aromatic nitrogens is 2. The van der Waals surface area contributed by atoms with Crippen LogP contribution in [0.15, 0.2) is 35.4 Å². The number of nitro benzene ring substituents is 1. The summed E-state index contributed by atoms with van der Waals surface area (Å²) in [6.07, 6.45) is 3.17. The second-order valence-corrected chi connectivity index (χ2v) is 7.63. The summed E-state index contributed by atoms with van der Waals surface area (Å²) in [5.41, 5.74) is 2.60. The zero-order valence-electron chi connectivity index (χ0n) is 11.8. The van der Waals surface area contributed by atoms with Gasteiger partial charge in [-0.3, -0.25) is 14.8 Å². The second kappa shape index (κ2) is 4.99. The molecule has 7 heteroatoms. The fourth-order valence-corrected chi connectivity index (χ4v) is 5.50. The summed E-state index contributed by atoms with van der Waals surface area (Å²) < 4.78 is 1.87. The van der Waals surface area contributed by atoms with Crippen LogP contribution < -0.4 is 0 Å². The molecule has 1 aromatic carbocycles. The van der Waals surface area contributed by atoms with Crippen molar-refractivity contribution in [2.75, 3.05) is 0 Å². The number of non-ortho nitro benzene ring substituents is 1. The Hall–Kier alpha value is -1.53. The number of aryl methyl sites for hydroxylation is 1. The third-order valence-electron chi connectivity index (χ3n) is 4.56. The Kier molecular flexibility index (Phi) is 3.20. The number of fused-ring (bicyclic) bond motifs is 5. The number of rotatable bonds is 3. The van der Waals surface area contributed by atoms with Crippen LogP contribution in [0.25, 0.3) is 0 Å². The highest BCUT2D eigenvalue weighted by Crippen LogP contribution is 2.59. The Morgan fingerprint density at radius 2 is 2.09 bits per heavy atom. The topological polar surface area (TPSA) is 61.0 Å². The SMILES string of the molecule is Cn1cc2c(n1)[C@H]1C[C@@H]2[C@H](Sc2ccc([N+](=O)[O-])cc2)[C@H]1Cl. The van der Waals surface area contributed by atoms with Gasteiger partial charge in [0.1, 0.15) is 0 Å². The molecule has 0 unspecified atom stereocenters. The van der Waals surface area contributed by atoms with Gasteiger partial charge in [0, 0.05) is 47.4 Å². The Labute approximate surface area is 136 Å². The first-order valence-electron chi connectivity index (χ1n) is 7.13. The Morgan fingerprint density at radius 1 is 1.36 bits per heavy atom. The van der Waals surface area contributed by atoms with Gasteiger partial charge in [0.2, 0.25) is 0 Å². The lowest BCUT2D eigenvalue weighted by atomic mass is 9.97. The molecule has 0 spiro atoms. The van der Waals surface area contributed by atoms with Crippen LogP contribution in [0.4, 0.5) is 5.69 Å². The molecular weight excluding hydrogens is 322 g/mol. The first-order valence-corrected chi connectivity index (χ1v) is 8.45. The fraction of sp³-hybridized carbons (Fsp3) is 0.400. The van der Waals surface area contributed by atoms with Crippen molar-refractivity contribution in [1.29, 1.82) is 0 Å². The average molecular weight is 336 g/mol. The van der Waals surface area contributed by atoms with Gasteiger partial charge in [0.25, 0.3) is 5.69 Å². The minimum Gasteiger partial charge on any atom is -0.275 e. The molecule has 4 atom stereocenters. The first kappa shape index (κ1) is 14.1. The van der Waals surface area contributed by atoms with Crippen molar-refractivity contribution in [3.8, 4) is 0 Å². The Balaban J connectivity index is 1.58. The maximum absolute atomic E-state index is 10.7. The number of halogens is 1. The zero-order chi connectivity index (χ0) is 15.4. The van der Waals surface area contributed by atoms with Crippen LogP contribution in [0.2, 0.25) is 0 Å². The standard InChI is InChI=1S/C15H14ClN3O2S/c1-18-7-12-10-6-11(14(12)17-18)13(16)15(10)22-9-4-2-8(3-5-9)19(20)21/h2-5,7,10-11,13,15H,6H2,1H3/t10-,11-,13-,15-/m0/s1. The summed E-state index contributed by atoms with van der Waals surface area (Å²) in [4.78, 5) is 11.4. The Morgan fingerprint density at radius 3 is 2.77 bits per heavy atom. The van der Waals surface area contributed by atoms with E-state index >= 15 is 0 Å². The van der Waals surface area contributed by atoms with Gasteiger partial charge in [-0.1, -0.05) is 0 Å². The van der Waals surface area contributed by atoms with E-state index in [1.54, 1.807) is 23.9 Å². The molecule has 2 bridgehead atoms. The highest BCUT2D eigenvalue weighted by Gasteiger charge is 2.52. The molecule has 0 amide bonds. The number of benzene rings is 1. The largest absolute Gasteiger partial charge is 0.275 e. The van der Waals surface area contributed by atoms with E-state index in [9.17, 15) is 10.1 Å². The van der Waals surface area contributed by atoms with E-state index in [0.717, 1.165) is 17.0 Å². The highest BCUT2D eigenvalue weighted by molar-refractivity contribution is 8.00. The van der Waals surface area contributed by atoms with E-state index in [1.165, 1.54) is 5.56 Å². The minimum atomic E-state index is -0.377. The molecule has 1 saturated carbocycles. The van der Waals surface area contributed by atoms with Crippen molar-refractivity contribution in [1.82, 2.24) is 9.78 Å². The number of hydrogen-bond donors (Lipinski definition) is 0. The van der Waals surface area contributed by atoms with Crippen LogP contribution in [-0.2, 0) is 7.05 Å². The number of nitro groups is 1. The van der Waals surface area contributed by atoms with E-state index in [0.29, 0.717) is 17.1 Å². The van der Waals surface area contributed by atoms with Gasteiger partial charge in [-0.15, -0.1) is 23.4 Å². The van der Waals surface area contributed by atoms with Crippen LogP contribution in [0, 0.1) is 10.1 Å². The van der Waals surface area contributed by atoms with Crippen molar-refractivity contribution >= 4 is 29.1 Å². The quantitative estimate of drug-likeness (QED) is 0.487. The van der Waals surface area contributed by atoms with E-state index in [4.69, 9.17) is 11.6 Å². The molecular formula is C15H14ClN3O2S. The molecule has 0 saturated heterocycles. The molecule has 2 aliphatic carbocycles. The summed E-state index contributed by atoms with van der Waals surface area (Å²) in [5.74, 6) is 0.759. The molecule has 1 fully saturated rings. The van der Waals surface area contributed by atoms with E-state index in [2.05, 4.69) is 11.3 Å². The second-order valence-electron chi connectivity index (χ2n) is 5.87. The van der Waals surface area contributed by atoms with E-state index < -0.39 is 0 Å². The lowest BCUT2D eigenvalue weighted by Gasteiger charge is -2.25. The highest BCUT2D eigenvalue weighted by atomic mass is 35.5. The lowest BCUT2D eigenvalue weighted by molar-refractivity contribution is -0.384. The van der Waals surface area contributed by atoms with Crippen molar-refractivity contribution in [2.45, 2.75) is 33.8 Å². The zero-order valence-corrected chi connectivity index (χ0v) is 13.4. The molecule has 0 N–H and O–H groups in total. The smallest absolute Gasteiger partial charge is 0.269 e. The summed E-state index contributed by atoms with van der Waals surface area (Å²) in [6.45, 7) is 0. The molecule has 114 valence electrons. The van der Waals surface area contributed by atoms with Crippen molar-refractivity contribution < 1.29 is 4.92 Å². The van der Waals surface area contributed by atoms with Gasteiger partial charge in [-0.25, -0.2) is 0 Å². The van der Waals surface area contributed by atoms with E-state index in [1.807, 2.05) is 23.9 Å². The third kappa shape index (κ3) is 2.05. The van der Waals surface area contributed by atoms with Crippen LogP contribution >= 0.6 is 23.4 Å². The summed E-state index contributed by atoms with van der Waals surface area (Å²) >= 11 is 8.39. The number of thioether (sulfide) groups is 1. The molecule has 5 nitrogen and oxygen atoms in total. The fourth-order valence-electron chi connectivity index (χ4n) is 3.60. The molecule has 0 aliphatic heterocycles. The maximum atomic E-state index is 10.7. The van der Waals surface area contributed by atoms with E-state index in [-0.39, 0.29) is 16.0 Å². The van der Waals surface area contributed by atoms with Crippen LogP contribution in [-0.4, -0.2) is 25.3 Å². The maximum Gasteiger partial charge on any atom is 0.269 e. The van der Waals surface area contributed by atoms with Crippen molar-refractivity contribution in [3.05, 3.63) is 51.8 Å². The summed E-state index contributed by atoms with van der Waals surface area (Å²) in [6, 6.07) is 6.72. The molecule has 22 heavy (non-hydrogen) atoms. The molecule has 4 rings (SSSR count). The van der Waals surface area contributed by atoms with Crippen molar-refractivity contribution in [2.24, 2.45) is 7.05 Å². The van der Waals surface area contributed by atoms with Gasteiger partial charge in [0.05, 0.1) is 16.0 Å². The lowest BCUT2D eigenvalue weighted by Crippen LogP contribution is -2.24. The summed E-state index contributed by atoms with van der Waals surface area (Å²) in [5, 5.41) is 15.6. The molecule has 2 aromatic rings. The van der Waals surface area contributed by atoms with Gasteiger partial charge < -0.3 is 0 Å². The van der Waals surface area contributed by atoms with Crippen molar-refractivity contribution in [3.63, 3.8) is 0 Å². The average Bonchev–Trinajstić information content (AvgIpc) is 3.11. The van der Waals surface area contributed by atoms with Crippen LogP contribution in [0.3, 0.4) is 0 Å². The number of nitrogens with zero attached hydrogens (tertiary/aromatic N) is 3. The molecule has 0 radical (unpaired) electrons. The molecule has 2 aliphatic rings. The monoisotopic (exact) mass is 335 g/mol. The predicted octanol–water partition coefficient (Wildman–Crippen LogP) is 3.68. The number of hydrogen-bond acceptors (Lipinski definition) is 4. The first-order chi connectivity index (χ1) is 10.5. The molecule has 1 heterocycles.